The van der Waals surface area contributed by atoms with Crippen molar-refractivity contribution in [1.82, 2.24) is 4.57 Å². The molecule has 3 heterocycles. The first kappa shape index (κ1) is 19.2. The quantitative estimate of drug-likeness (QED) is 0.449. The minimum Gasteiger partial charge on any atom is -0.372 e. The summed E-state index contributed by atoms with van der Waals surface area (Å²) < 4.78 is 5.41. The molecule has 0 fully saturated rings. The Bertz CT molecular complexity index is 1180. The number of aromatic nitrogens is 2. The number of imidazole rings is 1. The number of hydrogen-bond acceptors (Lipinski definition) is 1. The molecular formula is C27H33BN3+. The van der Waals surface area contributed by atoms with E-state index in [4.69, 9.17) is 0 Å². The molecule has 0 N–H and O–H groups in total. The van der Waals surface area contributed by atoms with Crippen LogP contribution in [-0.4, -0.2) is 18.6 Å². The third kappa shape index (κ3) is 2.51. The normalized spacial score (nSPS) is 16.4. The van der Waals surface area contributed by atoms with Gasteiger partial charge in [0.15, 0.2) is 0 Å². The zero-order valence-electron chi connectivity index (χ0n) is 19.6. The first-order chi connectivity index (χ1) is 15.0. The summed E-state index contributed by atoms with van der Waals surface area (Å²) in [5.41, 5.74) is 12.1. The summed E-state index contributed by atoms with van der Waals surface area (Å²) in [7, 11) is 2.32. The Morgan fingerprint density at radius 2 is 1.58 bits per heavy atom. The summed E-state index contributed by atoms with van der Waals surface area (Å²) in [6, 6.07) is 13.9. The molecule has 0 amide bonds. The number of anilines is 1. The lowest BCUT2D eigenvalue weighted by Crippen LogP contribution is -2.72. The minimum absolute atomic E-state index is 0.222. The van der Waals surface area contributed by atoms with Crippen molar-refractivity contribution in [2.24, 2.45) is 0 Å². The summed E-state index contributed by atoms with van der Waals surface area (Å²) in [6.07, 6.45) is 5.06. The van der Waals surface area contributed by atoms with Crippen molar-refractivity contribution in [1.29, 1.82) is 0 Å². The lowest BCUT2D eigenvalue weighted by Gasteiger charge is -2.34. The first-order valence-corrected chi connectivity index (χ1v) is 12.1. The highest BCUT2D eigenvalue weighted by Crippen LogP contribution is 2.43. The second-order valence-electron chi connectivity index (χ2n) is 10.3. The maximum absolute atomic E-state index is 2.75. The molecule has 3 aliphatic rings. The Balaban J connectivity index is 1.71. The summed E-state index contributed by atoms with van der Waals surface area (Å²) in [5, 5.41) is 0. The van der Waals surface area contributed by atoms with Crippen LogP contribution in [0.3, 0.4) is 0 Å². The van der Waals surface area contributed by atoms with Gasteiger partial charge in [-0.25, -0.2) is 4.57 Å². The van der Waals surface area contributed by atoms with E-state index in [0.29, 0.717) is 11.8 Å². The molecule has 1 aliphatic carbocycles. The van der Waals surface area contributed by atoms with Gasteiger partial charge in [-0.15, -0.1) is 0 Å². The maximum Gasteiger partial charge on any atom is 0.537 e. The fraction of sp³-hybridized carbons (Fsp3) is 0.444. The molecule has 0 atom stereocenters. The van der Waals surface area contributed by atoms with E-state index in [2.05, 4.69) is 85.0 Å². The first-order valence-electron chi connectivity index (χ1n) is 12.1. The van der Waals surface area contributed by atoms with Gasteiger partial charge in [-0.2, -0.15) is 0 Å². The maximum atomic E-state index is 2.75. The highest BCUT2D eigenvalue weighted by atomic mass is 15.3. The van der Waals surface area contributed by atoms with E-state index in [1.807, 2.05) is 0 Å². The summed E-state index contributed by atoms with van der Waals surface area (Å²) >= 11 is 0. The predicted octanol–water partition coefficient (Wildman–Crippen LogP) is 4.62. The van der Waals surface area contributed by atoms with Gasteiger partial charge in [0.25, 0.3) is 5.82 Å². The monoisotopic (exact) mass is 410 g/mol. The molecule has 31 heavy (non-hydrogen) atoms. The van der Waals surface area contributed by atoms with Gasteiger partial charge in [-0.1, -0.05) is 58.0 Å². The molecule has 0 bridgehead atoms. The highest BCUT2D eigenvalue weighted by Gasteiger charge is 2.52. The van der Waals surface area contributed by atoms with Crippen molar-refractivity contribution >= 4 is 18.1 Å². The van der Waals surface area contributed by atoms with Gasteiger partial charge in [0.2, 0.25) is 0 Å². The molecule has 3 aromatic rings. The Labute approximate surface area is 186 Å². The molecule has 4 heteroatoms. The average molecular weight is 410 g/mol. The molecule has 158 valence electrons. The number of rotatable bonds is 3. The molecule has 0 radical (unpaired) electrons. The van der Waals surface area contributed by atoms with Crippen LogP contribution in [0.2, 0.25) is 0 Å². The van der Waals surface area contributed by atoms with Crippen molar-refractivity contribution in [3.05, 3.63) is 64.5 Å². The summed E-state index contributed by atoms with van der Waals surface area (Å²) in [6.45, 7) is 10.7. The predicted molar refractivity (Wildman–Crippen MR) is 130 cm³/mol. The lowest BCUT2D eigenvalue weighted by molar-refractivity contribution is -0.533. The molecule has 3 nitrogen and oxygen atoms in total. The van der Waals surface area contributed by atoms with Gasteiger partial charge in [-0.3, -0.25) is 4.48 Å². The van der Waals surface area contributed by atoms with E-state index in [1.165, 1.54) is 64.9 Å². The lowest BCUT2D eigenvalue weighted by atomic mass is 9.58. The van der Waals surface area contributed by atoms with Crippen molar-refractivity contribution < 1.29 is 4.48 Å². The Morgan fingerprint density at radius 3 is 2.29 bits per heavy atom. The average Bonchev–Trinajstić information content (AvgIpc) is 3.29. The van der Waals surface area contributed by atoms with Gasteiger partial charge in [0.05, 0.1) is 5.56 Å². The standard InChI is InChI=1S/C27H33BN3/c1-17(2)20-11-9-12-21(18(3)4)26(20)28-29(5)24-15-8-10-19-16-30-22-13-6-7-14-23(22)31(28)27(30)25(19)24/h8-12,15,17-18H,6-7,13-14,16H2,1-5H3/q+1. The smallest absolute Gasteiger partial charge is 0.372 e. The number of hydrogen-bond donors (Lipinski definition) is 0. The second kappa shape index (κ2) is 6.75. The van der Waals surface area contributed by atoms with E-state index in [1.54, 1.807) is 11.4 Å². The van der Waals surface area contributed by atoms with Crippen molar-refractivity contribution in [3.63, 3.8) is 0 Å². The van der Waals surface area contributed by atoms with Crippen LogP contribution in [0.5, 0.6) is 0 Å². The van der Waals surface area contributed by atoms with Crippen LogP contribution in [0.25, 0.3) is 11.4 Å². The number of benzene rings is 2. The fourth-order valence-electron chi connectivity index (χ4n) is 6.47. The minimum atomic E-state index is 0.222. The van der Waals surface area contributed by atoms with E-state index >= 15 is 0 Å². The zero-order valence-corrected chi connectivity index (χ0v) is 19.6. The largest absolute Gasteiger partial charge is 0.537 e. The van der Waals surface area contributed by atoms with E-state index in [9.17, 15) is 0 Å². The molecule has 0 unspecified atom stereocenters. The van der Waals surface area contributed by atoms with Crippen LogP contribution in [0, 0.1) is 0 Å². The van der Waals surface area contributed by atoms with Gasteiger partial charge in [-0.05, 0) is 48.9 Å². The Kier molecular flexibility index (Phi) is 4.19. The fourth-order valence-corrected chi connectivity index (χ4v) is 6.47. The van der Waals surface area contributed by atoms with Crippen molar-refractivity contribution in [2.45, 2.75) is 71.8 Å². The SMILES string of the molecule is CC(C)c1cccc(C(C)C)c1B1N(C)c2cccc3c2-c2n(c4c([n+]21)CCCC4)C3. The van der Waals surface area contributed by atoms with Crippen LogP contribution in [-0.2, 0) is 19.4 Å². The van der Waals surface area contributed by atoms with E-state index in [-0.39, 0.29) is 6.98 Å². The summed E-state index contributed by atoms with van der Waals surface area (Å²) in [5.74, 6) is 2.47. The van der Waals surface area contributed by atoms with E-state index < -0.39 is 0 Å². The van der Waals surface area contributed by atoms with Crippen LogP contribution < -0.4 is 14.8 Å². The van der Waals surface area contributed by atoms with E-state index in [0.717, 1.165) is 6.54 Å². The van der Waals surface area contributed by atoms with Crippen molar-refractivity contribution in [2.75, 3.05) is 11.9 Å². The van der Waals surface area contributed by atoms with Crippen LogP contribution in [0.1, 0.15) is 80.5 Å². The molecular weight excluding hydrogens is 377 g/mol. The Morgan fingerprint density at radius 1 is 0.903 bits per heavy atom. The van der Waals surface area contributed by atoms with Crippen LogP contribution >= 0.6 is 0 Å². The topological polar surface area (TPSA) is 12.1 Å². The van der Waals surface area contributed by atoms with Gasteiger partial charge >= 0.3 is 6.98 Å². The third-order valence-electron chi connectivity index (χ3n) is 7.86. The van der Waals surface area contributed by atoms with Crippen LogP contribution in [0.15, 0.2) is 36.4 Å². The van der Waals surface area contributed by atoms with Crippen LogP contribution in [0.4, 0.5) is 5.69 Å². The number of fused-ring (bicyclic) bond motifs is 3. The third-order valence-corrected chi connectivity index (χ3v) is 7.86. The highest BCUT2D eigenvalue weighted by molar-refractivity contribution is 6.71. The molecule has 0 saturated carbocycles. The molecule has 0 saturated heterocycles. The van der Waals surface area contributed by atoms with Gasteiger partial charge in [0, 0.05) is 29.6 Å². The molecule has 0 spiro atoms. The molecule has 2 aliphatic heterocycles. The molecule has 1 aromatic heterocycles. The second-order valence-corrected chi connectivity index (χ2v) is 10.3. The van der Waals surface area contributed by atoms with Gasteiger partial charge < -0.3 is 4.81 Å². The summed E-state index contributed by atoms with van der Waals surface area (Å²) in [4.78, 5) is 2.57. The molecule has 2 aromatic carbocycles. The Hall–Kier alpha value is -2.49. The van der Waals surface area contributed by atoms with Gasteiger partial charge in [0.1, 0.15) is 17.9 Å². The molecule has 6 rings (SSSR count). The van der Waals surface area contributed by atoms with Crippen molar-refractivity contribution in [3.8, 4) is 11.4 Å². The zero-order chi connectivity index (χ0) is 21.4. The number of nitrogens with zero attached hydrogens (tertiary/aromatic N) is 3.